The zero-order valence-electron chi connectivity index (χ0n) is 12.1. The van der Waals surface area contributed by atoms with Gasteiger partial charge in [0.05, 0.1) is 5.25 Å². The molecule has 0 fully saturated rings. The molecule has 6 nitrogen and oxygen atoms in total. The Morgan fingerprint density at radius 1 is 1.38 bits per heavy atom. The molecule has 0 aliphatic rings. The van der Waals surface area contributed by atoms with Crippen molar-refractivity contribution in [1.29, 1.82) is 0 Å². The third kappa shape index (κ3) is 4.56. The molecular formula is C14H18N4O2S. The van der Waals surface area contributed by atoms with E-state index in [1.807, 2.05) is 6.92 Å². The fraction of sp³-hybridized carbons (Fsp3) is 0.429. The van der Waals surface area contributed by atoms with E-state index in [1.54, 1.807) is 24.5 Å². The van der Waals surface area contributed by atoms with Crippen LogP contribution in [0.4, 0.5) is 0 Å². The molecule has 2 heterocycles. The number of aromatic nitrogens is 3. The average molecular weight is 306 g/mol. The summed E-state index contributed by atoms with van der Waals surface area (Å²) in [4.78, 5) is 15.8. The Hall–Kier alpha value is -1.89. The summed E-state index contributed by atoms with van der Waals surface area (Å²) in [6, 6.07) is 3.59. The highest BCUT2D eigenvalue weighted by atomic mass is 32.2. The molecule has 2 rings (SSSR count). The van der Waals surface area contributed by atoms with Crippen molar-refractivity contribution in [1.82, 2.24) is 20.5 Å². The fourth-order valence-electron chi connectivity index (χ4n) is 1.61. The molecule has 0 aliphatic carbocycles. The Balaban J connectivity index is 1.91. The molecule has 112 valence electrons. The van der Waals surface area contributed by atoms with Gasteiger partial charge in [0.1, 0.15) is 0 Å². The Kier molecular flexibility index (Phi) is 5.74. The van der Waals surface area contributed by atoms with Crippen molar-refractivity contribution in [2.75, 3.05) is 6.54 Å². The van der Waals surface area contributed by atoms with Gasteiger partial charge in [-0.1, -0.05) is 25.1 Å². The van der Waals surface area contributed by atoms with Gasteiger partial charge in [-0.05, 0) is 25.5 Å². The highest BCUT2D eigenvalue weighted by Crippen LogP contribution is 2.25. The maximum absolute atomic E-state index is 11.9. The first-order valence-electron chi connectivity index (χ1n) is 6.89. The number of hydrogen-bond acceptors (Lipinski definition) is 6. The SMILES string of the molecule is CCCCNC(=O)C(C)Sc1nnc(-c2ccncc2)o1. The van der Waals surface area contributed by atoms with Crippen molar-refractivity contribution in [2.24, 2.45) is 0 Å². The standard InChI is InChI=1S/C14H18N4O2S/c1-3-4-7-16-12(19)10(2)21-14-18-17-13(20-14)11-5-8-15-9-6-11/h5-6,8-10H,3-4,7H2,1-2H3,(H,16,19). The number of thioether (sulfide) groups is 1. The molecule has 0 bridgehead atoms. The van der Waals surface area contributed by atoms with Gasteiger partial charge in [0.25, 0.3) is 5.22 Å². The minimum atomic E-state index is -0.271. The first-order chi connectivity index (χ1) is 10.2. The summed E-state index contributed by atoms with van der Waals surface area (Å²) < 4.78 is 5.55. The van der Waals surface area contributed by atoms with Gasteiger partial charge in [-0.2, -0.15) is 0 Å². The lowest BCUT2D eigenvalue weighted by atomic mass is 10.3. The van der Waals surface area contributed by atoms with Crippen LogP contribution in [0, 0.1) is 0 Å². The lowest BCUT2D eigenvalue weighted by Gasteiger charge is -2.08. The van der Waals surface area contributed by atoms with Crippen molar-refractivity contribution in [2.45, 2.75) is 37.2 Å². The molecule has 2 aromatic heterocycles. The lowest BCUT2D eigenvalue weighted by Crippen LogP contribution is -2.31. The second kappa shape index (κ2) is 7.78. The van der Waals surface area contributed by atoms with Gasteiger partial charge in [-0.3, -0.25) is 9.78 Å². The quantitative estimate of drug-likeness (QED) is 0.625. The Morgan fingerprint density at radius 3 is 2.86 bits per heavy atom. The van der Waals surface area contributed by atoms with Gasteiger partial charge in [-0.25, -0.2) is 0 Å². The van der Waals surface area contributed by atoms with E-state index in [1.165, 1.54) is 11.8 Å². The Bertz CT molecular complexity index is 573. The molecule has 0 saturated carbocycles. The predicted molar refractivity (Wildman–Crippen MR) is 80.8 cm³/mol. The van der Waals surface area contributed by atoms with Gasteiger partial charge in [-0.15, -0.1) is 10.2 Å². The molecule has 1 amide bonds. The first kappa shape index (κ1) is 15.5. The number of hydrogen-bond donors (Lipinski definition) is 1. The molecule has 0 radical (unpaired) electrons. The summed E-state index contributed by atoms with van der Waals surface area (Å²) in [6.07, 6.45) is 5.36. The molecule has 0 aliphatic heterocycles. The molecule has 2 aromatic rings. The van der Waals surface area contributed by atoms with E-state index in [9.17, 15) is 4.79 Å². The molecule has 0 aromatic carbocycles. The van der Waals surface area contributed by atoms with E-state index in [0.717, 1.165) is 18.4 Å². The molecule has 21 heavy (non-hydrogen) atoms. The zero-order chi connectivity index (χ0) is 15.1. The number of nitrogens with one attached hydrogen (secondary N) is 1. The molecule has 0 saturated heterocycles. The summed E-state index contributed by atoms with van der Waals surface area (Å²) in [5.74, 6) is 0.413. The molecule has 1 atom stereocenters. The normalized spacial score (nSPS) is 12.1. The maximum Gasteiger partial charge on any atom is 0.277 e. The molecule has 1 N–H and O–H groups in total. The largest absolute Gasteiger partial charge is 0.411 e. The third-order valence-corrected chi connectivity index (χ3v) is 3.74. The smallest absolute Gasteiger partial charge is 0.277 e. The van der Waals surface area contributed by atoms with Crippen molar-refractivity contribution >= 4 is 17.7 Å². The Morgan fingerprint density at radius 2 is 2.14 bits per heavy atom. The number of rotatable bonds is 7. The van der Waals surface area contributed by atoms with Crippen LogP contribution in [-0.2, 0) is 4.79 Å². The van der Waals surface area contributed by atoms with Gasteiger partial charge < -0.3 is 9.73 Å². The van der Waals surface area contributed by atoms with Crippen LogP contribution < -0.4 is 5.32 Å². The summed E-state index contributed by atoms with van der Waals surface area (Å²) >= 11 is 1.26. The van der Waals surface area contributed by atoms with Crippen LogP contribution in [0.15, 0.2) is 34.2 Å². The van der Waals surface area contributed by atoms with Crippen molar-refractivity contribution < 1.29 is 9.21 Å². The van der Waals surface area contributed by atoms with Crippen LogP contribution in [0.2, 0.25) is 0 Å². The minimum Gasteiger partial charge on any atom is -0.411 e. The van der Waals surface area contributed by atoms with Gasteiger partial charge >= 0.3 is 0 Å². The number of nitrogens with zero attached hydrogens (tertiary/aromatic N) is 3. The number of unbranched alkanes of at least 4 members (excludes halogenated alkanes) is 1. The van der Waals surface area contributed by atoms with Gasteiger partial charge in [0.15, 0.2) is 0 Å². The highest BCUT2D eigenvalue weighted by Gasteiger charge is 2.18. The fourth-order valence-corrected chi connectivity index (χ4v) is 2.31. The van der Waals surface area contributed by atoms with E-state index in [0.29, 0.717) is 17.7 Å². The van der Waals surface area contributed by atoms with Crippen LogP contribution >= 0.6 is 11.8 Å². The zero-order valence-corrected chi connectivity index (χ0v) is 12.9. The first-order valence-corrected chi connectivity index (χ1v) is 7.77. The lowest BCUT2D eigenvalue weighted by molar-refractivity contribution is -0.120. The molecule has 7 heteroatoms. The van der Waals surface area contributed by atoms with E-state index < -0.39 is 0 Å². The van der Waals surface area contributed by atoms with Gasteiger partial charge in [0, 0.05) is 24.5 Å². The molecular weight excluding hydrogens is 288 g/mol. The van der Waals surface area contributed by atoms with Crippen LogP contribution in [0.3, 0.4) is 0 Å². The number of carbonyl (C=O) groups is 1. The van der Waals surface area contributed by atoms with Crippen molar-refractivity contribution in [3.63, 3.8) is 0 Å². The highest BCUT2D eigenvalue weighted by molar-refractivity contribution is 8.00. The summed E-state index contributed by atoms with van der Waals surface area (Å²) in [6.45, 7) is 4.61. The van der Waals surface area contributed by atoms with Crippen LogP contribution in [0.5, 0.6) is 0 Å². The van der Waals surface area contributed by atoms with Crippen LogP contribution in [-0.4, -0.2) is 32.9 Å². The second-order valence-corrected chi connectivity index (χ2v) is 5.81. The number of pyridine rings is 1. The van der Waals surface area contributed by atoms with E-state index in [2.05, 4.69) is 27.4 Å². The molecule has 1 unspecified atom stereocenters. The molecule has 0 spiro atoms. The van der Waals surface area contributed by atoms with E-state index >= 15 is 0 Å². The monoisotopic (exact) mass is 306 g/mol. The van der Waals surface area contributed by atoms with Crippen LogP contribution in [0.1, 0.15) is 26.7 Å². The maximum atomic E-state index is 11.9. The van der Waals surface area contributed by atoms with Crippen molar-refractivity contribution in [3.05, 3.63) is 24.5 Å². The average Bonchev–Trinajstić information content (AvgIpc) is 2.97. The van der Waals surface area contributed by atoms with E-state index in [4.69, 9.17) is 4.42 Å². The van der Waals surface area contributed by atoms with E-state index in [-0.39, 0.29) is 11.2 Å². The minimum absolute atomic E-state index is 0.0166. The number of amides is 1. The summed E-state index contributed by atoms with van der Waals surface area (Å²) in [7, 11) is 0. The van der Waals surface area contributed by atoms with Gasteiger partial charge in [0.2, 0.25) is 11.8 Å². The number of carbonyl (C=O) groups excluding carboxylic acids is 1. The third-order valence-electron chi connectivity index (χ3n) is 2.81. The summed E-state index contributed by atoms with van der Waals surface area (Å²) in [5.41, 5.74) is 0.810. The van der Waals surface area contributed by atoms with Crippen molar-refractivity contribution in [3.8, 4) is 11.5 Å². The topological polar surface area (TPSA) is 80.9 Å². The summed E-state index contributed by atoms with van der Waals surface area (Å²) in [5, 5.41) is 10.9. The Labute approximate surface area is 127 Å². The predicted octanol–water partition coefficient (Wildman–Crippen LogP) is 2.53. The second-order valence-electron chi connectivity index (χ2n) is 4.51. The van der Waals surface area contributed by atoms with Crippen LogP contribution in [0.25, 0.3) is 11.5 Å².